The molecule has 0 aromatic heterocycles. The number of carbonyl (C=O) groups is 3. The average Bonchev–Trinajstić information content (AvgIpc) is 3.29. The largest absolute Gasteiger partial charge is 0.469 e. The molecule has 0 aliphatic carbocycles. The van der Waals surface area contributed by atoms with Gasteiger partial charge in [0.05, 0.1) is 19.1 Å². The van der Waals surface area contributed by atoms with Gasteiger partial charge in [0.15, 0.2) is 0 Å². The molecular weight excluding hydrogens is 454 g/mol. The van der Waals surface area contributed by atoms with E-state index in [0.29, 0.717) is 12.2 Å². The van der Waals surface area contributed by atoms with E-state index in [1.165, 1.54) is 12.0 Å². The van der Waals surface area contributed by atoms with Gasteiger partial charge in [-0.2, -0.15) is 0 Å². The Morgan fingerprint density at radius 2 is 1.39 bits per heavy atom. The summed E-state index contributed by atoms with van der Waals surface area (Å²) >= 11 is 0. The number of ether oxygens (including phenoxy) is 1. The van der Waals surface area contributed by atoms with Gasteiger partial charge in [-0.3, -0.25) is 9.59 Å². The molecule has 3 amide bonds. The van der Waals surface area contributed by atoms with Crippen LogP contribution < -0.4 is 10.6 Å². The van der Waals surface area contributed by atoms with Gasteiger partial charge in [0.2, 0.25) is 5.91 Å². The number of para-hydroxylation sites is 1. The number of nitrogens with one attached hydrogen (secondary N) is 2. The van der Waals surface area contributed by atoms with Crippen molar-refractivity contribution in [3.63, 3.8) is 0 Å². The van der Waals surface area contributed by atoms with E-state index in [-0.39, 0.29) is 5.91 Å². The van der Waals surface area contributed by atoms with E-state index in [1.54, 1.807) is 12.1 Å². The van der Waals surface area contributed by atoms with Gasteiger partial charge in [-0.15, -0.1) is 0 Å². The Kier molecular flexibility index (Phi) is 8.00. The van der Waals surface area contributed by atoms with Crippen molar-refractivity contribution in [2.24, 2.45) is 5.92 Å². The molecule has 4 unspecified atom stereocenters. The maximum absolute atomic E-state index is 13.9. The fourth-order valence-electron chi connectivity index (χ4n) is 5.01. The number of benzene rings is 3. The molecule has 3 aromatic carbocycles. The zero-order valence-electron chi connectivity index (χ0n) is 20.5. The number of esters is 1. The van der Waals surface area contributed by atoms with Crippen LogP contribution in [-0.4, -0.2) is 42.5 Å². The van der Waals surface area contributed by atoms with E-state index in [2.05, 4.69) is 10.6 Å². The zero-order chi connectivity index (χ0) is 25.5. The number of carbonyl (C=O) groups excluding carboxylic acids is 3. The molecule has 2 N–H and O–H groups in total. The van der Waals surface area contributed by atoms with Crippen molar-refractivity contribution in [2.45, 2.75) is 31.3 Å². The summed E-state index contributed by atoms with van der Waals surface area (Å²) in [6, 6.07) is 25.7. The maximum atomic E-state index is 13.9. The lowest BCUT2D eigenvalue weighted by Gasteiger charge is -2.31. The molecule has 36 heavy (non-hydrogen) atoms. The average molecular weight is 486 g/mol. The molecule has 1 aliphatic rings. The normalized spacial score (nSPS) is 21.0. The molecule has 7 heteroatoms. The van der Waals surface area contributed by atoms with Crippen molar-refractivity contribution < 1.29 is 19.1 Å². The van der Waals surface area contributed by atoms with E-state index in [1.807, 2.05) is 85.8 Å². The molecule has 0 radical (unpaired) electrons. The van der Waals surface area contributed by atoms with Gasteiger partial charge >= 0.3 is 12.0 Å². The minimum Gasteiger partial charge on any atom is -0.469 e. The molecule has 1 heterocycles. The Balaban J connectivity index is 1.89. The highest BCUT2D eigenvalue weighted by Crippen LogP contribution is 2.50. The summed E-state index contributed by atoms with van der Waals surface area (Å²) in [4.78, 5) is 42.5. The van der Waals surface area contributed by atoms with Gasteiger partial charge in [-0.25, -0.2) is 4.79 Å². The van der Waals surface area contributed by atoms with Crippen LogP contribution in [0.2, 0.25) is 0 Å². The van der Waals surface area contributed by atoms with Crippen LogP contribution in [0.25, 0.3) is 0 Å². The smallest absolute Gasteiger partial charge is 0.323 e. The van der Waals surface area contributed by atoms with Crippen LogP contribution in [0, 0.1) is 5.92 Å². The summed E-state index contributed by atoms with van der Waals surface area (Å²) in [6.07, 6.45) is 0.743. The highest BCUT2D eigenvalue weighted by Gasteiger charge is 2.58. The second-order valence-electron chi connectivity index (χ2n) is 8.78. The van der Waals surface area contributed by atoms with Crippen molar-refractivity contribution in [3.8, 4) is 0 Å². The molecule has 0 spiro atoms. The van der Waals surface area contributed by atoms with Crippen LogP contribution in [0.1, 0.15) is 36.4 Å². The summed E-state index contributed by atoms with van der Waals surface area (Å²) in [5.41, 5.74) is 2.14. The lowest BCUT2D eigenvalue weighted by atomic mass is 9.80. The number of hydrogen-bond acceptors (Lipinski definition) is 4. The topological polar surface area (TPSA) is 87.7 Å². The molecule has 4 atom stereocenters. The standard InChI is InChI=1S/C29H31N3O4/c1-3-19-30-27(33)26-23(20-13-7-4-8-14-20)24(28(34)36-2)25(21-15-9-5-10-16-21)32(26)29(35)31-22-17-11-6-12-18-22/h4-18,23-26H,3,19H2,1-2H3,(H,30,33)(H,31,35). The predicted molar refractivity (Wildman–Crippen MR) is 138 cm³/mol. The van der Waals surface area contributed by atoms with Crippen LogP contribution >= 0.6 is 0 Å². The molecule has 3 aromatic rings. The monoisotopic (exact) mass is 485 g/mol. The van der Waals surface area contributed by atoms with Gasteiger partial charge < -0.3 is 20.3 Å². The first-order valence-electron chi connectivity index (χ1n) is 12.2. The van der Waals surface area contributed by atoms with Crippen LogP contribution in [0.4, 0.5) is 10.5 Å². The Morgan fingerprint density at radius 3 is 1.94 bits per heavy atom. The second-order valence-corrected chi connectivity index (χ2v) is 8.78. The summed E-state index contributed by atoms with van der Waals surface area (Å²) in [7, 11) is 1.34. The van der Waals surface area contributed by atoms with Crippen LogP contribution in [0.5, 0.6) is 0 Å². The summed E-state index contributed by atoms with van der Waals surface area (Å²) in [5, 5.41) is 5.89. The summed E-state index contributed by atoms with van der Waals surface area (Å²) in [5.74, 6) is -2.18. The Bertz CT molecular complexity index is 1170. The molecular formula is C29H31N3O4. The number of amides is 3. The van der Waals surface area contributed by atoms with Gasteiger partial charge in [-0.05, 0) is 29.7 Å². The maximum Gasteiger partial charge on any atom is 0.323 e. The number of nitrogens with zero attached hydrogens (tertiary/aromatic N) is 1. The molecule has 0 saturated carbocycles. The quantitative estimate of drug-likeness (QED) is 0.473. The van der Waals surface area contributed by atoms with Gasteiger partial charge in [0.25, 0.3) is 0 Å². The van der Waals surface area contributed by atoms with E-state index in [0.717, 1.165) is 17.5 Å². The van der Waals surface area contributed by atoms with Crippen molar-refractivity contribution in [3.05, 3.63) is 102 Å². The van der Waals surface area contributed by atoms with Crippen molar-refractivity contribution in [1.82, 2.24) is 10.2 Å². The summed E-state index contributed by atoms with van der Waals surface area (Å²) in [6.45, 7) is 2.43. The Labute approximate surface area is 211 Å². The van der Waals surface area contributed by atoms with Gasteiger partial charge in [0, 0.05) is 18.2 Å². The van der Waals surface area contributed by atoms with Crippen LogP contribution in [0.3, 0.4) is 0 Å². The predicted octanol–water partition coefficient (Wildman–Crippen LogP) is 4.74. The SMILES string of the molecule is CCCNC(=O)C1C(c2ccccc2)C(C(=O)OC)C(c2ccccc2)N1C(=O)Nc1ccccc1. The number of hydrogen-bond donors (Lipinski definition) is 2. The third-order valence-corrected chi connectivity index (χ3v) is 6.54. The minimum atomic E-state index is -0.933. The summed E-state index contributed by atoms with van der Waals surface area (Å²) < 4.78 is 5.26. The molecule has 0 bridgehead atoms. The third kappa shape index (κ3) is 5.10. The first-order valence-corrected chi connectivity index (χ1v) is 12.2. The Morgan fingerprint density at radius 1 is 0.833 bits per heavy atom. The second kappa shape index (κ2) is 11.5. The molecule has 1 saturated heterocycles. The van der Waals surface area contributed by atoms with Crippen molar-refractivity contribution >= 4 is 23.6 Å². The van der Waals surface area contributed by atoms with E-state index < -0.39 is 35.9 Å². The van der Waals surface area contributed by atoms with Crippen molar-refractivity contribution in [2.75, 3.05) is 19.0 Å². The van der Waals surface area contributed by atoms with E-state index in [4.69, 9.17) is 4.74 Å². The molecule has 4 rings (SSSR count). The number of rotatable bonds is 7. The minimum absolute atomic E-state index is 0.304. The van der Waals surface area contributed by atoms with Crippen LogP contribution in [0.15, 0.2) is 91.0 Å². The molecule has 1 fully saturated rings. The number of likely N-dealkylation sites (tertiary alicyclic amines) is 1. The molecule has 7 nitrogen and oxygen atoms in total. The highest BCUT2D eigenvalue weighted by atomic mass is 16.5. The number of anilines is 1. The van der Waals surface area contributed by atoms with Gasteiger partial charge in [-0.1, -0.05) is 85.8 Å². The zero-order valence-corrected chi connectivity index (χ0v) is 20.5. The number of urea groups is 1. The molecule has 186 valence electrons. The fraction of sp³-hybridized carbons (Fsp3) is 0.276. The highest BCUT2D eigenvalue weighted by molar-refractivity contribution is 5.97. The fourth-order valence-corrected chi connectivity index (χ4v) is 5.01. The first kappa shape index (κ1) is 25.0. The lowest BCUT2D eigenvalue weighted by molar-refractivity contribution is -0.146. The van der Waals surface area contributed by atoms with Crippen LogP contribution in [-0.2, 0) is 14.3 Å². The first-order chi connectivity index (χ1) is 17.6. The van der Waals surface area contributed by atoms with Gasteiger partial charge in [0.1, 0.15) is 6.04 Å². The van der Waals surface area contributed by atoms with E-state index >= 15 is 0 Å². The number of methoxy groups -OCH3 is 1. The molecule has 1 aliphatic heterocycles. The van der Waals surface area contributed by atoms with Crippen molar-refractivity contribution in [1.29, 1.82) is 0 Å². The van der Waals surface area contributed by atoms with E-state index in [9.17, 15) is 14.4 Å². The lowest BCUT2D eigenvalue weighted by Crippen LogP contribution is -2.50. The Hall–Kier alpha value is -4.13. The third-order valence-electron chi connectivity index (χ3n) is 6.54.